The Balaban J connectivity index is 0.871. The Morgan fingerprint density at radius 2 is 1.72 bits per heavy atom. The summed E-state index contributed by atoms with van der Waals surface area (Å²) in [6, 6.07) is 11.2. The maximum absolute atomic E-state index is 12.9. The number of nitrogens with zero attached hydrogens (tertiary/aromatic N) is 8. The first-order valence-electron chi connectivity index (χ1n) is 16.1. The summed E-state index contributed by atoms with van der Waals surface area (Å²) < 4.78 is 7.67. The zero-order valence-corrected chi connectivity index (χ0v) is 26.2. The fourth-order valence-electron chi connectivity index (χ4n) is 6.58. The number of aromatic nitrogens is 3. The molecule has 2 saturated heterocycles. The zero-order chi connectivity index (χ0) is 31.6. The van der Waals surface area contributed by atoms with Gasteiger partial charge in [0, 0.05) is 71.4 Å². The summed E-state index contributed by atoms with van der Waals surface area (Å²) in [5.74, 6) is 2.47. The van der Waals surface area contributed by atoms with Crippen molar-refractivity contribution in [3.63, 3.8) is 0 Å². The third-order valence-electron chi connectivity index (χ3n) is 9.16. The van der Waals surface area contributed by atoms with E-state index in [-0.39, 0.29) is 17.7 Å². The predicted octanol–water partition coefficient (Wildman–Crippen LogP) is 2.54. The van der Waals surface area contributed by atoms with Gasteiger partial charge < -0.3 is 24.8 Å². The summed E-state index contributed by atoms with van der Waals surface area (Å²) in [6.07, 6.45) is 6.44. The number of hydrogen-bond donors (Lipinski definition) is 1. The number of hydrogen-bond acceptors (Lipinski definition) is 10. The molecule has 6 heterocycles. The number of carbonyl (C=O) groups is 3. The molecule has 0 unspecified atom stereocenters. The maximum atomic E-state index is 12.9. The molecule has 0 saturated carbocycles. The van der Waals surface area contributed by atoms with Crippen LogP contribution in [0.1, 0.15) is 52.2 Å². The normalized spacial score (nSPS) is 17.8. The van der Waals surface area contributed by atoms with Gasteiger partial charge in [0.15, 0.2) is 0 Å². The fraction of sp³-hybridized carbons (Fsp3) is 0.455. The molecule has 0 radical (unpaired) electrons. The number of carbonyl (C=O) groups excluding carboxylic acids is 3. The number of anilines is 2. The van der Waals surface area contributed by atoms with Crippen molar-refractivity contribution in [3.8, 4) is 11.4 Å². The summed E-state index contributed by atoms with van der Waals surface area (Å²) in [6.45, 7) is 5.94. The molecule has 13 heteroatoms. The van der Waals surface area contributed by atoms with Crippen LogP contribution in [-0.4, -0.2) is 119 Å². The van der Waals surface area contributed by atoms with Gasteiger partial charge in [0.1, 0.15) is 23.2 Å². The van der Waals surface area contributed by atoms with E-state index in [1.807, 2.05) is 34.0 Å². The molecular formula is C33H39N9O4. The van der Waals surface area contributed by atoms with Gasteiger partial charge in [-0.1, -0.05) is 12.1 Å². The topological polar surface area (TPSA) is 128 Å². The third kappa shape index (κ3) is 5.82. The summed E-state index contributed by atoms with van der Waals surface area (Å²) in [7, 11) is 1.48. The van der Waals surface area contributed by atoms with Crippen LogP contribution in [-0.2, 0) is 16.0 Å². The van der Waals surface area contributed by atoms with Crippen molar-refractivity contribution in [3.05, 3.63) is 59.5 Å². The molecule has 0 bridgehead atoms. The molecule has 240 valence electrons. The first-order valence-corrected chi connectivity index (χ1v) is 16.1. The number of benzene rings is 1. The van der Waals surface area contributed by atoms with E-state index in [2.05, 4.69) is 20.1 Å². The maximum Gasteiger partial charge on any atom is 0.263 e. The second-order valence-corrected chi connectivity index (χ2v) is 12.0. The molecule has 4 aliphatic heterocycles. The number of piperazine rings is 1. The standard InChI is InChI=1S/C33H39N9O4/c1-38-32(44)23-6-4-8-25(31(23)33(38)45)34-13-21-46-20-12-30(43)41-18-16-40(17-19-41)28-9-5-7-24(36-28)26-22-35-27-10-11-29(37-42(26)27)39-14-2-3-15-39/h4-9,22,34H,2-3,10-21H2,1H3. The van der Waals surface area contributed by atoms with Crippen molar-refractivity contribution in [1.29, 1.82) is 0 Å². The molecule has 1 aromatic carbocycles. The number of rotatable bonds is 9. The number of likely N-dealkylation sites (tertiary alicyclic amines) is 1. The van der Waals surface area contributed by atoms with Gasteiger partial charge in [-0.3, -0.25) is 19.3 Å². The Bertz CT molecular complexity index is 1670. The van der Waals surface area contributed by atoms with Crippen molar-refractivity contribution in [2.75, 3.05) is 76.3 Å². The quantitative estimate of drug-likeness (QED) is 0.282. The number of ether oxygens (including phenoxy) is 1. The van der Waals surface area contributed by atoms with Gasteiger partial charge >= 0.3 is 0 Å². The molecule has 4 aliphatic rings. The Kier molecular flexibility index (Phi) is 8.39. The number of imidazole rings is 1. The van der Waals surface area contributed by atoms with E-state index in [0.29, 0.717) is 69.2 Å². The zero-order valence-electron chi connectivity index (χ0n) is 26.2. The number of nitrogens with one attached hydrogen (secondary N) is 1. The predicted molar refractivity (Wildman–Crippen MR) is 173 cm³/mol. The van der Waals surface area contributed by atoms with Crippen LogP contribution in [0.4, 0.5) is 11.5 Å². The highest BCUT2D eigenvalue weighted by Crippen LogP contribution is 2.29. The second-order valence-electron chi connectivity index (χ2n) is 12.0. The number of amides is 3. The molecule has 2 aromatic heterocycles. The van der Waals surface area contributed by atoms with Crippen LogP contribution in [0.25, 0.3) is 11.4 Å². The average Bonchev–Trinajstić information content (AvgIpc) is 3.83. The van der Waals surface area contributed by atoms with E-state index in [9.17, 15) is 14.4 Å². The minimum absolute atomic E-state index is 0.0694. The van der Waals surface area contributed by atoms with Crippen LogP contribution < -0.4 is 10.2 Å². The van der Waals surface area contributed by atoms with Gasteiger partial charge in [-0.15, -0.1) is 0 Å². The van der Waals surface area contributed by atoms with Crippen LogP contribution in [0.5, 0.6) is 0 Å². The summed E-state index contributed by atoms with van der Waals surface area (Å²) in [4.78, 5) is 54.8. The minimum Gasteiger partial charge on any atom is -0.382 e. The first-order chi connectivity index (χ1) is 22.5. The van der Waals surface area contributed by atoms with Crippen molar-refractivity contribution in [1.82, 2.24) is 29.3 Å². The van der Waals surface area contributed by atoms with Crippen LogP contribution in [0.2, 0.25) is 0 Å². The highest BCUT2D eigenvalue weighted by molar-refractivity contribution is 6.23. The number of aryl methyl sites for hydroxylation is 1. The molecule has 0 atom stereocenters. The van der Waals surface area contributed by atoms with Gasteiger partial charge in [-0.05, 0) is 37.1 Å². The fourth-order valence-corrected chi connectivity index (χ4v) is 6.58. The molecule has 13 nitrogen and oxygen atoms in total. The number of imide groups is 1. The Hall–Kier alpha value is -4.78. The van der Waals surface area contributed by atoms with Crippen molar-refractivity contribution in [2.45, 2.75) is 32.1 Å². The lowest BCUT2D eigenvalue weighted by Crippen LogP contribution is -2.49. The summed E-state index contributed by atoms with van der Waals surface area (Å²) >= 11 is 0. The molecule has 1 N–H and O–H groups in total. The molecule has 7 rings (SSSR count). The summed E-state index contributed by atoms with van der Waals surface area (Å²) in [5, 5.41) is 8.16. The lowest BCUT2D eigenvalue weighted by Gasteiger charge is -2.35. The Morgan fingerprint density at radius 1 is 0.913 bits per heavy atom. The summed E-state index contributed by atoms with van der Waals surface area (Å²) in [5.41, 5.74) is 3.17. The van der Waals surface area contributed by atoms with Gasteiger partial charge in [0.25, 0.3) is 11.8 Å². The molecule has 3 aromatic rings. The second kappa shape index (κ2) is 12.9. The van der Waals surface area contributed by atoms with Crippen LogP contribution in [0, 0.1) is 0 Å². The van der Waals surface area contributed by atoms with Crippen LogP contribution in [0.15, 0.2) is 47.7 Å². The number of amidine groups is 1. The Labute approximate surface area is 267 Å². The van der Waals surface area contributed by atoms with Crippen molar-refractivity contribution >= 4 is 35.1 Å². The molecule has 0 spiro atoms. The van der Waals surface area contributed by atoms with Gasteiger partial charge in [0.2, 0.25) is 5.91 Å². The highest BCUT2D eigenvalue weighted by atomic mass is 16.5. The monoisotopic (exact) mass is 625 g/mol. The van der Waals surface area contributed by atoms with E-state index in [0.717, 1.165) is 59.7 Å². The SMILES string of the molecule is CN1C(=O)c2cccc(NCCOCCC(=O)N3CCN(c4cccc(-c5cnc6n5N=C(N5CCCC5)CC6)n4)CC3)c2C1=O. The molecule has 2 fully saturated rings. The van der Waals surface area contributed by atoms with E-state index in [1.54, 1.807) is 18.2 Å². The van der Waals surface area contributed by atoms with E-state index in [1.165, 1.54) is 19.9 Å². The Morgan fingerprint density at radius 3 is 2.54 bits per heavy atom. The lowest BCUT2D eigenvalue weighted by molar-refractivity contribution is -0.132. The average molecular weight is 626 g/mol. The molecule has 0 aliphatic carbocycles. The van der Waals surface area contributed by atoms with Crippen molar-refractivity contribution < 1.29 is 19.1 Å². The van der Waals surface area contributed by atoms with Gasteiger partial charge in [-0.2, -0.15) is 5.10 Å². The molecule has 46 heavy (non-hydrogen) atoms. The molecular weight excluding hydrogens is 586 g/mol. The smallest absolute Gasteiger partial charge is 0.263 e. The first kappa shape index (κ1) is 29.9. The third-order valence-corrected chi connectivity index (χ3v) is 9.16. The van der Waals surface area contributed by atoms with Gasteiger partial charge in [0.05, 0.1) is 42.7 Å². The van der Waals surface area contributed by atoms with E-state index >= 15 is 0 Å². The van der Waals surface area contributed by atoms with Crippen molar-refractivity contribution in [2.24, 2.45) is 5.10 Å². The number of pyridine rings is 1. The largest absolute Gasteiger partial charge is 0.382 e. The van der Waals surface area contributed by atoms with Crippen LogP contribution in [0.3, 0.4) is 0 Å². The number of fused-ring (bicyclic) bond motifs is 2. The van der Waals surface area contributed by atoms with Crippen LogP contribution >= 0.6 is 0 Å². The minimum atomic E-state index is -0.309. The van der Waals surface area contributed by atoms with E-state index < -0.39 is 0 Å². The van der Waals surface area contributed by atoms with Gasteiger partial charge in [-0.25, -0.2) is 14.6 Å². The van der Waals surface area contributed by atoms with E-state index in [4.69, 9.17) is 14.8 Å². The highest BCUT2D eigenvalue weighted by Gasteiger charge is 2.34. The lowest BCUT2D eigenvalue weighted by atomic mass is 10.1. The molecule has 3 amide bonds.